The van der Waals surface area contributed by atoms with Gasteiger partial charge in [0.05, 0.1) is 25.4 Å². The van der Waals surface area contributed by atoms with Gasteiger partial charge in [0, 0.05) is 12.8 Å². The van der Waals surface area contributed by atoms with E-state index in [9.17, 15) is 19.8 Å². The number of nitrogens with one attached hydrogen (secondary N) is 1. The van der Waals surface area contributed by atoms with E-state index >= 15 is 0 Å². The number of carbonyl (C=O) groups excluding carboxylic acids is 2. The molecule has 6 heteroatoms. The predicted molar refractivity (Wildman–Crippen MR) is 306 cm³/mol. The Hall–Kier alpha value is -1.66. The van der Waals surface area contributed by atoms with Crippen molar-refractivity contribution in [3.8, 4) is 0 Å². The van der Waals surface area contributed by atoms with Crippen LogP contribution >= 0.6 is 0 Å². The quantitative estimate of drug-likeness (QED) is 0.0321. The van der Waals surface area contributed by atoms with Crippen LogP contribution in [0.3, 0.4) is 0 Å². The summed E-state index contributed by atoms with van der Waals surface area (Å²) in [6, 6.07) is -0.624. The van der Waals surface area contributed by atoms with E-state index < -0.39 is 12.1 Å². The molecule has 0 bridgehead atoms. The van der Waals surface area contributed by atoms with Gasteiger partial charge in [-0.2, -0.15) is 0 Å². The lowest BCUT2D eigenvalue weighted by Crippen LogP contribution is -2.45. The van der Waals surface area contributed by atoms with Crippen molar-refractivity contribution in [2.45, 2.75) is 360 Å². The van der Waals surface area contributed by atoms with Gasteiger partial charge in [0.25, 0.3) is 0 Å². The second-order valence-electron chi connectivity index (χ2n) is 21.7. The molecule has 0 aromatic heterocycles. The second kappa shape index (κ2) is 59.9. The van der Waals surface area contributed by atoms with Crippen LogP contribution in [-0.2, 0) is 14.3 Å². The number of hydrogen-bond acceptors (Lipinski definition) is 5. The van der Waals surface area contributed by atoms with Crippen LogP contribution in [0.1, 0.15) is 348 Å². The maximum absolute atomic E-state index is 12.4. The maximum Gasteiger partial charge on any atom is 0.305 e. The Kier molecular flexibility index (Phi) is 58.5. The Morgan fingerprint density at radius 1 is 0.386 bits per heavy atom. The average Bonchev–Trinajstić information content (AvgIpc) is 3.36. The van der Waals surface area contributed by atoms with Crippen molar-refractivity contribution in [3.05, 3.63) is 24.3 Å². The summed E-state index contributed by atoms with van der Waals surface area (Å²) in [5.74, 6) is -0.0563. The summed E-state index contributed by atoms with van der Waals surface area (Å²) in [4.78, 5) is 24.5. The molecular formula is C64H123NO5. The minimum Gasteiger partial charge on any atom is -0.466 e. The highest BCUT2D eigenvalue weighted by Crippen LogP contribution is 2.18. The first kappa shape index (κ1) is 68.3. The molecule has 414 valence electrons. The van der Waals surface area contributed by atoms with Crippen LogP contribution in [-0.4, -0.2) is 47.4 Å². The van der Waals surface area contributed by atoms with Crippen molar-refractivity contribution >= 4 is 11.9 Å². The van der Waals surface area contributed by atoms with E-state index in [0.29, 0.717) is 19.4 Å². The zero-order valence-electron chi connectivity index (χ0n) is 47.3. The van der Waals surface area contributed by atoms with Gasteiger partial charge in [-0.15, -0.1) is 0 Å². The highest BCUT2D eigenvalue weighted by Gasteiger charge is 2.18. The van der Waals surface area contributed by atoms with Crippen molar-refractivity contribution < 1.29 is 24.5 Å². The minimum absolute atomic E-state index is 0.00969. The van der Waals surface area contributed by atoms with Gasteiger partial charge in [-0.05, 0) is 57.8 Å². The van der Waals surface area contributed by atoms with Crippen LogP contribution in [0.4, 0.5) is 0 Å². The number of amides is 1. The number of rotatable bonds is 59. The summed E-state index contributed by atoms with van der Waals surface area (Å²) < 4.78 is 5.49. The SMILES string of the molecule is CCCCCCCCC/C=C\CCCCCCCC(=O)OCCCCCCCCCCCCCCCCCCCCCCCCCCCCC(=O)NC(CO)C(O)/C=C/CCCCCCCCCCC. The average molecular weight is 987 g/mol. The number of unbranched alkanes of at least 4 members (excludes halogenated alkanes) is 46. The fraction of sp³-hybridized carbons (Fsp3) is 0.906. The van der Waals surface area contributed by atoms with Gasteiger partial charge in [0.1, 0.15) is 0 Å². The second-order valence-corrected chi connectivity index (χ2v) is 21.7. The molecule has 6 nitrogen and oxygen atoms in total. The number of aliphatic hydroxyl groups excluding tert-OH is 2. The fourth-order valence-corrected chi connectivity index (χ4v) is 9.87. The van der Waals surface area contributed by atoms with Crippen molar-refractivity contribution in [2.75, 3.05) is 13.2 Å². The molecular weight excluding hydrogens is 863 g/mol. The molecule has 3 N–H and O–H groups in total. The molecule has 0 aliphatic carbocycles. The zero-order valence-corrected chi connectivity index (χ0v) is 47.3. The highest BCUT2D eigenvalue weighted by atomic mass is 16.5. The van der Waals surface area contributed by atoms with E-state index in [1.807, 2.05) is 6.08 Å². The third-order valence-corrected chi connectivity index (χ3v) is 14.7. The highest BCUT2D eigenvalue weighted by molar-refractivity contribution is 5.76. The summed E-state index contributed by atoms with van der Waals surface area (Å²) in [7, 11) is 0. The van der Waals surface area contributed by atoms with Gasteiger partial charge >= 0.3 is 5.97 Å². The molecule has 0 aliphatic heterocycles. The molecule has 1 amide bonds. The molecule has 0 saturated heterocycles. The first-order valence-electron chi connectivity index (χ1n) is 31.6. The first-order chi connectivity index (χ1) is 34.5. The Morgan fingerprint density at radius 2 is 0.671 bits per heavy atom. The molecule has 2 unspecified atom stereocenters. The molecule has 70 heavy (non-hydrogen) atoms. The van der Waals surface area contributed by atoms with Crippen molar-refractivity contribution in [1.29, 1.82) is 0 Å². The predicted octanol–water partition coefficient (Wildman–Crippen LogP) is 19.8. The van der Waals surface area contributed by atoms with Gasteiger partial charge in [-0.25, -0.2) is 0 Å². The van der Waals surface area contributed by atoms with Crippen molar-refractivity contribution in [2.24, 2.45) is 0 Å². The third-order valence-electron chi connectivity index (χ3n) is 14.7. The molecule has 0 spiro atoms. The van der Waals surface area contributed by atoms with Gasteiger partial charge in [-0.3, -0.25) is 9.59 Å². The van der Waals surface area contributed by atoms with Crippen molar-refractivity contribution in [3.63, 3.8) is 0 Å². The molecule has 0 rings (SSSR count). The lowest BCUT2D eigenvalue weighted by molar-refractivity contribution is -0.143. The number of ether oxygens (including phenoxy) is 1. The van der Waals surface area contributed by atoms with E-state index in [2.05, 4.69) is 31.3 Å². The lowest BCUT2D eigenvalue weighted by atomic mass is 10.0. The standard InChI is InChI=1S/C64H123NO5/c1-3-5-7-9-11-13-15-16-17-31-34-38-42-46-50-54-58-64(69)70-59-55-51-47-43-39-35-32-29-27-25-23-21-19-18-20-22-24-26-28-30-33-37-41-45-49-53-57-63(68)65-61(60-66)62(67)56-52-48-44-40-36-14-12-10-8-6-4-2/h17,31,52,56,61-62,66-67H,3-16,18-30,32-51,53-55,57-60H2,1-2H3,(H,65,68)/b31-17-,56-52+. The van der Waals surface area contributed by atoms with Crippen LogP contribution in [0.25, 0.3) is 0 Å². The fourth-order valence-electron chi connectivity index (χ4n) is 9.87. The van der Waals surface area contributed by atoms with Gasteiger partial charge < -0.3 is 20.3 Å². The first-order valence-corrected chi connectivity index (χ1v) is 31.6. The third kappa shape index (κ3) is 55.7. The van der Waals surface area contributed by atoms with Gasteiger partial charge in [0.2, 0.25) is 5.91 Å². The molecule has 0 saturated carbocycles. The number of hydrogen-bond donors (Lipinski definition) is 3. The van der Waals surface area contributed by atoms with Gasteiger partial charge in [-0.1, -0.05) is 301 Å². The lowest BCUT2D eigenvalue weighted by Gasteiger charge is -2.20. The summed E-state index contributed by atoms with van der Waals surface area (Å²) in [6.45, 7) is 4.90. The van der Waals surface area contributed by atoms with E-state index in [0.717, 1.165) is 44.9 Å². The van der Waals surface area contributed by atoms with Crippen LogP contribution in [0.2, 0.25) is 0 Å². The molecule has 0 aromatic carbocycles. The Labute approximate surface area is 437 Å². The number of aliphatic hydroxyl groups is 2. The summed E-state index contributed by atoms with van der Waals surface area (Å²) in [6.07, 6.45) is 73.8. The smallest absolute Gasteiger partial charge is 0.305 e. The molecule has 0 heterocycles. The Balaban J connectivity index is 3.34. The maximum atomic E-state index is 12.4. The van der Waals surface area contributed by atoms with Crippen molar-refractivity contribution in [1.82, 2.24) is 5.32 Å². The van der Waals surface area contributed by atoms with E-state index in [4.69, 9.17) is 4.74 Å². The number of carbonyl (C=O) groups is 2. The Bertz CT molecular complexity index is 1090. The largest absolute Gasteiger partial charge is 0.466 e. The Morgan fingerprint density at radius 3 is 1.01 bits per heavy atom. The summed E-state index contributed by atoms with van der Waals surface area (Å²) in [5, 5.41) is 23.0. The van der Waals surface area contributed by atoms with Crippen LogP contribution < -0.4 is 5.32 Å². The molecule has 0 radical (unpaired) electrons. The van der Waals surface area contributed by atoms with Crippen LogP contribution in [0, 0.1) is 0 Å². The molecule has 0 fully saturated rings. The summed E-state index contributed by atoms with van der Waals surface area (Å²) >= 11 is 0. The van der Waals surface area contributed by atoms with E-state index in [-0.39, 0.29) is 18.5 Å². The van der Waals surface area contributed by atoms with E-state index in [1.54, 1.807) is 6.08 Å². The molecule has 2 atom stereocenters. The normalized spacial score (nSPS) is 12.7. The monoisotopic (exact) mass is 986 g/mol. The summed E-state index contributed by atoms with van der Waals surface area (Å²) in [5.41, 5.74) is 0. The number of esters is 1. The van der Waals surface area contributed by atoms with E-state index in [1.165, 1.54) is 276 Å². The van der Waals surface area contributed by atoms with Crippen LogP contribution in [0.15, 0.2) is 24.3 Å². The number of allylic oxidation sites excluding steroid dienone is 3. The van der Waals surface area contributed by atoms with Crippen LogP contribution in [0.5, 0.6) is 0 Å². The molecule has 0 aliphatic rings. The topological polar surface area (TPSA) is 95.9 Å². The molecule has 0 aromatic rings. The zero-order chi connectivity index (χ0) is 50.7. The van der Waals surface area contributed by atoms with Gasteiger partial charge in [0.15, 0.2) is 0 Å². The minimum atomic E-state index is -0.841.